The zero-order chi connectivity index (χ0) is 21.8. The molecule has 11 heteroatoms. The fourth-order valence-electron chi connectivity index (χ4n) is 3.08. The van der Waals surface area contributed by atoms with Gasteiger partial charge in [-0.05, 0) is 23.8 Å². The van der Waals surface area contributed by atoms with E-state index in [0.29, 0.717) is 24.8 Å². The van der Waals surface area contributed by atoms with E-state index in [-0.39, 0.29) is 28.6 Å². The molecule has 2 heterocycles. The van der Waals surface area contributed by atoms with Crippen LogP contribution in [0, 0.1) is 0 Å². The fraction of sp³-hybridized carbons (Fsp3) is 0.250. The molecule has 1 fully saturated rings. The van der Waals surface area contributed by atoms with Crippen LogP contribution in [-0.4, -0.2) is 55.1 Å². The number of ether oxygens (including phenoxy) is 1. The molecule has 1 saturated heterocycles. The summed E-state index contributed by atoms with van der Waals surface area (Å²) in [5.74, 6) is -0.488. The summed E-state index contributed by atoms with van der Waals surface area (Å²) < 4.78 is 32.4. The first kappa shape index (κ1) is 21.8. The predicted molar refractivity (Wildman–Crippen MR) is 118 cm³/mol. The number of anilines is 1. The molecule has 0 aliphatic carbocycles. The molecule has 1 amide bonds. The van der Waals surface area contributed by atoms with Gasteiger partial charge in [0.25, 0.3) is 5.91 Å². The van der Waals surface area contributed by atoms with Gasteiger partial charge in [0.05, 0.1) is 18.2 Å². The van der Waals surface area contributed by atoms with Crippen LogP contribution in [0.25, 0.3) is 0 Å². The molecule has 31 heavy (non-hydrogen) atoms. The average Bonchev–Trinajstić information content (AvgIpc) is 3.21. The number of benzene rings is 2. The SMILES string of the molecule is O=C(Nc1nnc(Cc2ccccc2)s1)c1ccc(Cl)c(S(=O)(=O)N2CCOCC2)c1. The number of nitrogens with one attached hydrogen (secondary N) is 1. The van der Waals surface area contributed by atoms with Crippen LogP contribution in [0.3, 0.4) is 0 Å². The van der Waals surface area contributed by atoms with Gasteiger partial charge in [-0.2, -0.15) is 4.31 Å². The monoisotopic (exact) mass is 478 g/mol. The van der Waals surface area contributed by atoms with E-state index in [0.717, 1.165) is 10.6 Å². The first-order chi connectivity index (χ1) is 14.9. The van der Waals surface area contributed by atoms with Crippen molar-refractivity contribution in [2.24, 2.45) is 0 Å². The third kappa shape index (κ3) is 5.10. The normalized spacial score (nSPS) is 15.0. The van der Waals surface area contributed by atoms with Crippen LogP contribution in [0.4, 0.5) is 5.13 Å². The minimum absolute atomic E-state index is 0.0594. The van der Waals surface area contributed by atoms with Crippen molar-refractivity contribution in [3.63, 3.8) is 0 Å². The van der Waals surface area contributed by atoms with Crippen LogP contribution in [0.1, 0.15) is 20.9 Å². The van der Waals surface area contributed by atoms with Crippen molar-refractivity contribution in [2.45, 2.75) is 11.3 Å². The third-order valence-electron chi connectivity index (χ3n) is 4.67. The lowest BCUT2D eigenvalue weighted by Crippen LogP contribution is -2.40. The summed E-state index contributed by atoms with van der Waals surface area (Å²) in [7, 11) is -3.84. The van der Waals surface area contributed by atoms with Crippen LogP contribution in [0.5, 0.6) is 0 Å². The molecule has 3 aromatic rings. The van der Waals surface area contributed by atoms with E-state index in [4.69, 9.17) is 16.3 Å². The van der Waals surface area contributed by atoms with Crippen molar-refractivity contribution in [3.8, 4) is 0 Å². The Kier molecular flexibility index (Phi) is 6.63. The fourth-order valence-corrected chi connectivity index (χ4v) is 5.76. The lowest BCUT2D eigenvalue weighted by molar-refractivity contribution is 0.0730. The Morgan fingerprint density at radius 1 is 1.13 bits per heavy atom. The lowest BCUT2D eigenvalue weighted by atomic mass is 10.2. The molecule has 1 aliphatic heterocycles. The highest BCUT2D eigenvalue weighted by Gasteiger charge is 2.29. The van der Waals surface area contributed by atoms with E-state index in [1.165, 1.54) is 33.8 Å². The Hall–Kier alpha value is -2.37. The number of nitrogens with zero attached hydrogens (tertiary/aromatic N) is 3. The number of morpholine rings is 1. The van der Waals surface area contributed by atoms with Crippen molar-refractivity contribution in [1.29, 1.82) is 0 Å². The maximum Gasteiger partial charge on any atom is 0.257 e. The van der Waals surface area contributed by atoms with Gasteiger partial charge in [0.15, 0.2) is 0 Å². The number of sulfonamides is 1. The third-order valence-corrected chi connectivity index (χ3v) is 7.89. The van der Waals surface area contributed by atoms with Crippen molar-refractivity contribution in [2.75, 3.05) is 31.6 Å². The van der Waals surface area contributed by atoms with Crippen molar-refractivity contribution >= 4 is 44.0 Å². The minimum atomic E-state index is -3.84. The van der Waals surface area contributed by atoms with Gasteiger partial charge in [-0.25, -0.2) is 8.42 Å². The van der Waals surface area contributed by atoms with Gasteiger partial charge in [-0.3, -0.25) is 10.1 Å². The lowest BCUT2D eigenvalue weighted by Gasteiger charge is -2.26. The van der Waals surface area contributed by atoms with Crippen LogP contribution in [0.2, 0.25) is 5.02 Å². The van der Waals surface area contributed by atoms with Crippen LogP contribution < -0.4 is 5.32 Å². The van der Waals surface area contributed by atoms with E-state index in [1.54, 1.807) is 0 Å². The van der Waals surface area contributed by atoms with E-state index >= 15 is 0 Å². The zero-order valence-electron chi connectivity index (χ0n) is 16.3. The van der Waals surface area contributed by atoms with Crippen LogP contribution >= 0.6 is 22.9 Å². The van der Waals surface area contributed by atoms with Gasteiger partial charge in [0.1, 0.15) is 9.90 Å². The molecule has 0 radical (unpaired) electrons. The highest BCUT2D eigenvalue weighted by molar-refractivity contribution is 7.89. The minimum Gasteiger partial charge on any atom is -0.379 e. The number of halogens is 1. The standard InChI is InChI=1S/C20H19ClN4O4S2/c21-16-7-6-15(13-17(16)31(27,28)25-8-10-29-11-9-25)19(26)22-20-24-23-18(30-20)12-14-4-2-1-3-5-14/h1-7,13H,8-12H2,(H,22,24,26). The highest BCUT2D eigenvalue weighted by atomic mass is 35.5. The van der Waals surface area contributed by atoms with Gasteiger partial charge >= 0.3 is 0 Å². The molecule has 162 valence electrons. The Labute approximate surface area is 188 Å². The maximum atomic E-state index is 13.0. The summed E-state index contributed by atoms with van der Waals surface area (Å²) in [6.07, 6.45) is 0.608. The van der Waals surface area contributed by atoms with E-state index < -0.39 is 15.9 Å². The van der Waals surface area contributed by atoms with Crippen molar-refractivity contribution in [1.82, 2.24) is 14.5 Å². The Morgan fingerprint density at radius 2 is 1.87 bits per heavy atom. The molecule has 1 N–H and O–H groups in total. The van der Waals surface area contributed by atoms with Gasteiger partial charge in [-0.1, -0.05) is 53.3 Å². The Balaban J connectivity index is 1.50. The summed E-state index contributed by atoms with van der Waals surface area (Å²) in [5, 5.41) is 11.9. The van der Waals surface area contributed by atoms with Gasteiger partial charge in [0, 0.05) is 25.1 Å². The van der Waals surface area contributed by atoms with E-state index in [1.807, 2.05) is 30.3 Å². The first-order valence-corrected chi connectivity index (χ1v) is 12.1. The number of carbonyl (C=O) groups excluding carboxylic acids is 1. The maximum absolute atomic E-state index is 13.0. The Morgan fingerprint density at radius 3 is 2.61 bits per heavy atom. The van der Waals surface area contributed by atoms with Crippen molar-refractivity contribution in [3.05, 3.63) is 69.7 Å². The molecule has 8 nitrogen and oxygen atoms in total. The topological polar surface area (TPSA) is 101 Å². The molecule has 2 aromatic carbocycles. The largest absolute Gasteiger partial charge is 0.379 e. The molecular weight excluding hydrogens is 460 g/mol. The van der Waals surface area contributed by atoms with Gasteiger partial charge in [-0.15, -0.1) is 10.2 Å². The van der Waals surface area contributed by atoms with Crippen LogP contribution in [0.15, 0.2) is 53.4 Å². The highest BCUT2D eigenvalue weighted by Crippen LogP contribution is 2.27. The number of hydrogen-bond donors (Lipinski definition) is 1. The zero-order valence-corrected chi connectivity index (χ0v) is 18.7. The van der Waals surface area contributed by atoms with Gasteiger partial charge in [0.2, 0.25) is 15.2 Å². The number of carbonyl (C=O) groups is 1. The summed E-state index contributed by atoms with van der Waals surface area (Å²) in [5.41, 5.74) is 1.25. The number of rotatable bonds is 6. The molecular formula is C20H19ClN4O4S2. The van der Waals surface area contributed by atoms with Gasteiger partial charge < -0.3 is 4.74 Å². The second-order valence-corrected chi connectivity index (χ2v) is 10.2. The molecule has 0 spiro atoms. The average molecular weight is 479 g/mol. The molecule has 1 aromatic heterocycles. The smallest absolute Gasteiger partial charge is 0.257 e. The summed E-state index contributed by atoms with van der Waals surface area (Å²) in [4.78, 5) is 12.6. The predicted octanol–water partition coefficient (Wildman–Crippen LogP) is 3.06. The summed E-state index contributed by atoms with van der Waals surface area (Å²) >= 11 is 7.42. The second kappa shape index (κ2) is 9.41. The quantitative estimate of drug-likeness (QED) is 0.584. The molecule has 1 aliphatic rings. The number of amides is 1. The van der Waals surface area contributed by atoms with E-state index in [2.05, 4.69) is 15.5 Å². The number of aromatic nitrogens is 2. The summed E-state index contributed by atoms with van der Waals surface area (Å²) in [6, 6.07) is 14.0. The first-order valence-electron chi connectivity index (χ1n) is 9.48. The van der Waals surface area contributed by atoms with Crippen molar-refractivity contribution < 1.29 is 17.9 Å². The molecule has 0 saturated carbocycles. The second-order valence-electron chi connectivity index (χ2n) is 6.78. The molecule has 0 unspecified atom stereocenters. The molecule has 0 atom stereocenters. The molecule has 4 rings (SSSR count). The van der Waals surface area contributed by atoms with E-state index in [9.17, 15) is 13.2 Å². The Bertz CT molecular complexity index is 1180. The molecule has 0 bridgehead atoms. The summed E-state index contributed by atoms with van der Waals surface area (Å²) in [6.45, 7) is 1.12. The number of hydrogen-bond acceptors (Lipinski definition) is 7. The van der Waals surface area contributed by atoms with Crippen LogP contribution in [-0.2, 0) is 21.2 Å².